The second-order valence-corrected chi connectivity index (χ2v) is 3.32. The first kappa shape index (κ1) is 11.0. The van der Waals surface area contributed by atoms with Gasteiger partial charge in [0.2, 0.25) is 11.8 Å². The minimum absolute atomic E-state index is 0.233. The quantitative estimate of drug-likeness (QED) is 0.781. The van der Waals surface area contributed by atoms with Crippen LogP contribution < -0.4 is 9.47 Å². The van der Waals surface area contributed by atoms with Gasteiger partial charge in [-0.1, -0.05) is 6.92 Å². The molecule has 1 aromatic heterocycles. The van der Waals surface area contributed by atoms with E-state index in [4.69, 9.17) is 9.47 Å². The maximum atomic E-state index is 11.0. The van der Waals surface area contributed by atoms with E-state index in [1.807, 2.05) is 0 Å². The lowest BCUT2D eigenvalue weighted by molar-refractivity contribution is -0.134. The largest absolute Gasteiger partial charge is 0.481 e. The molecule has 0 saturated carbocycles. The first-order valence-corrected chi connectivity index (χ1v) is 4.88. The van der Waals surface area contributed by atoms with Gasteiger partial charge in [0.15, 0.2) is 0 Å². The number of pyridine rings is 1. The Morgan fingerprint density at radius 1 is 1.57 bits per heavy atom. The molecule has 0 aliphatic rings. The smallest absolute Gasteiger partial charge is 0.312 e. The standard InChI is InChI=1S/C9H10BrNO3/c1-3-8(12)14-9-6(10)4-5-7(11-9)13-2/h4-5H,3H2,1-2H3. The Morgan fingerprint density at radius 2 is 2.29 bits per heavy atom. The van der Waals surface area contributed by atoms with Crippen molar-refractivity contribution in [1.29, 1.82) is 0 Å². The number of carbonyl (C=O) groups is 1. The Bertz CT molecular complexity index is 341. The average molecular weight is 260 g/mol. The number of halogens is 1. The van der Waals surface area contributed by atoms with Gasteiger partial charge in [-0.25, -0.2) is 0 Å². The van der Waals surface area contributed by atoms with E-state index in [9.17, 15) is 4.79 Å². The van der Waals surface area contributed by atoms with Crippen LogP contribution in [0.25, 0.3) is 0 Å². The van der Waals surface area contributed by atoms with Crippen LogP contribution in [0.3, 0.4) is 0 Å². The van der Waals surface area contributed by atoms with E-state index in [1.165, 1.54) is 7.11 Å². The molecule has 0 aliphatic carbocycles. The van der Waals surface area contributed by atoms with Gasteiger partial charge < -0.3 is 9.47 Å². The molecule has 0 bridgehead atoms. The third kappa shape index (κ3) is 2.70. The Kier molecular flexibility index (Phi) is 3.88. The van der Waals surface area contributed by atoms with Crippen LogP contribution in [0.2, 0.25) is 0 Å². The number of rotatable bonds is 3. The van der Waals surface area contributed by atoms with Gasteiger partial charge in [0, 0.05) is 12.5 Å². The highest BCUT2D eigenvalue weighted by molar-refractivity contribution is 9.10. The Labute approximate surface area is 90.4 Å². The maximum Gasteiger partial charge on any atom is 0.312 e. The summed E-state index contributed by atoms with van der Waals surface area (Å²) in [5, 5.41) is 0. The number of nitrogens with zero attached hydrogens (tertiary/aromatic N) is 1. The molecule has 0 fully saturated rings. The van der Waals surface area contributed by atoms with Gasteiger partial charge in [0.25, 0.3) is 0 Å². The minimum atomic E-state index is -0.327. The number of esters is 1. The van der Waals surface area contributed by atoms with Gasteiger partial charge in [-0.05, 0) is 22.0 Å². The normalized spacial score (nSPS) is 9.64. The molecule has 5 heteroatoms. The van der Waals surface area contributed by atoms with Crippen LogP contribution in [0, 0.1) is 0 Å². The molecule has 14 heavy (non-hydrogen) atoms. The molecule has 1 rings (SSSR count). The molecule has 0 N–H and O–H groups in total. The fraction of sp³-hybridized carbons (Fsp3) is 0.333. The second-order valence-electron chi connectivity index (χ2n) is 2.47. The van der Waals surface area contributed by atoms with Crippen molar-refractivity contribution < 1.29 is 14.3 Å². The van der Waals surface area contributed by atoms with E-state index in [0.717, 1.165) is 0 Å². The fourth-order valence-corrected chi connectivity index (χ4v) is 1.07. The number of methoxy groups -OCH3 is 1. The van der Waals surface area contributed by atoms with Crippen molar-refractivity contribution in [2.75, 3.05) is 7.11 Å². The average Bonchev–Trinajstić information content (AvgIpc) is 2.21. The van der Waals surface area contributed by atoms with Crippen LogP contribution in [0.15, 0.2) is 16.6 Å². The molecule has 76 valence electrons. The van der Waals surface area contributed by atoms with E-state index in [2.05, 4.69) is 20.9 Å². The van der Waals surface area contributed by atoms with Gasteiger partial charge in [-0.2, -0.15) is 4.98 Å². The lowest BCUT2D eigenvalue weighted by atomic mass is 10.4. The summed E-state index contributed by atoms with van der Waals surface area (Å²) < 4.78 is 10.5. The number of ether oxygens (including phenoxy) is 2. The van der Waals surface area contributed by atoms with Crippen LogP contribution in [-0.2, 0) is 4.79 Å². The van der Waals surface area contributed by atoms with Gasteiger partial charge >= 0.3 is 5.97 Å². The highest BCUT2D eigenvalue weighted by Gasteiger charge is 2.08. The Morgan fingerprint density at radius 3 is 2.86 bits per heavy atom. The van der Waals surface area contributed by atoms with Crippen molar-refractivity contribution in [1.82, 2.24) is 4.98 Å². The molecule has 0 aromatic carbocycles. The molecule has 0 aliphatic heterocycles. The first-order valence-electron chi connectivity index (χ1n) is 4.08. The van der Waals surface area contributed by atoms with Crippen LogP contribution >= 0.6 is 15.9 Å². The zero-order valence-corrected chi connectivity index (χ0v) is 9.50. The van der Waals surface area contributed by atoms with E-state index < -0.39 is 0 Å². The number of aromatic nitrogens is 1. The van der Waals surface area contributed by atoms with Crippen LogP contribution in [-0.4, -0.2) is 18.1 Å². The van der Waals surface area contributed by atoms with E-state index in [-0.39, 0.29) is 11.8 Å². The Balaban J connectivity index is 2.89. The predicted octanol–water partition coefficient (Wildman–Crippen LogP) is 2.17. The number of carbonyl (C=O) groups excluding carboxylic acids is 1. The van der Waals surface area contributed by atoms with Crippen LogP contribution in [0.4, 0.5) is 0 Å². The van der Waals surface area contributed by atoms with E-state index in [0.29, 0.717) is 16.8 Å². The molecule has 0 saturated heterocycles. The molecule has 0 unspecified atom stereocenters. The minimum Gasteiger partial charge on any atom is -0.481 e. The first-order chi connectivity index (χ1) is 6.67. The van der Waals surface area contributed by atoms with Gasteiger partial charge in [-0.15, -0.1) is 0 Å². The lowest BCUT2D eigenvalue weighted by Crippen LogP contribution is -2.07. The third-order valence-corrected chi connectivity index (χ3v) is 2.10. The molecule has 0 radical (unpaired) electrons. The summed E-state index contributed by atoms with van der Waals surface area (Å²) in [7, 11) is 1.50. The third-order valence-electron chi connectivity index (χ3n) is 1.50. The molecular formula is C9H10BrNO3. The van der Waals surface area contributed by atoms with Crippen molar-refractivity contribution in [2.45, 2.75) is 13.3 Å². The zero-order valence-electron chi connectivity index (χ0n) is 7.91. The predicted molar refractivity (Wildman–Crippen MR) is 54.4 cm³/mol. The van der Waals surface area contributed by atoms with Gasteiger partial charge in [0.1, 0.15) is 0 Å². The van der Waals surface area contributed by atoms with Crippen molar-refractivity contribution in [3.8, 4) is 11.8 Å². The summed E-state index contributed by atoms with van der Waals surface area (Å²) >= 11 is 3.22. The van der Waals surface area contributed by atoms with Crippen molar-refractivity contribution >= 4 is 21.9 Å². The molecule has 0 atom stereocenters. The zero-order chi connectivity index (χ0) is 10.6. The summed E-state index contributed by atoms with van der Waals surface area (Å²) in [5.74, 6) is 0.315. The van der Waals surface area contributed by atoms with E-state index >= 15 is 0 Å². The highest BCUT2D eigenvalue weighted by Crippen LogP contribution is 2.25. The summed E-state index contributed by atoms with van der Waals surface area (Å²) in [4.78, 5) is 15.0. The summed E-state index contributed by atoms with van der Waals surface area (Å²) in [6.45, 7) is 1.72. The SMILES string of the molecule is CCC(=O)Oc1nc(OC)ccc1Br. The summed E-state index contributed by atoms with van der Waals surface area (Å²) in [6.07, 6.45) is 0.311. The van der Waals surface area contributed by atoms with Crippen molar-refractivity contribution in [2.24, 2.45) is 0 Å². The molecule has 1 aromatic rings. The van der Waals surface area contributed by atoms with Gasteiger partial charge in [-0.3, -0.25) is 4.79 Å². The van der Waals surface area contributed by atoms with Gasteiger partial charge in [0.05, 0.1) is 11.6 Å². The summed E-state index contributed by atoms with van der Waals surface area (Å²) in [5.41, 5.74) is 0. The Hall–Kier alpha value is -1.10. The second kappa shape index (κ2) is 4.95. The molecule has 0 spiro atoms. The fourth-order valence-electron chi connectivity index (χ4n) is 0.772. The molecule has 1 heterocycles. The number of hydrogen-bond acceptors (Lipinski definition) is 4. The van der Waals surface area contributed by atoms with E-state index in [1.54, 1.807) is 19.1 Å². The highest BCUT2D eigenvalue weighted by atomic mass is 79.9. The monoisotopic (exact) mass is 259 g/mol. The maximum absolute atomic E-state index is 11.0. The van der Waals surface area contributed by atoms with Crippen LogP contribution in [0.1, 0.15) is 13.3 Å². The topological polar surface area (TPSA) is 48.4 Å². The summed E-state index contributed by atoms with van der Waals surface area (Å²) in [6, 6.07) is 3.39. The molecule has 0 amide bonds. The lowest BCUT2D eigenvalue weighted by Gasteiger charge is -2.05. The van der Waals surface area contributed by atoms with Crippen LogP contribution in [0.5, 0.6) is 11.8 Å². The van der Waals surface area contributed by atoms with Crippen molar-refractivity contribution in [3.05, 3.63) is 16.6 Å². The van der Waals surface area contributed by atoms with Crippen molar-refractivity contribution in [3.63, 3.8) is 0 Å². The molecular weight excluding hydrogens is 250 g/mol. The number of hydrogen-bond donors (Lipinski definition) is 0. The molecule has 4 nitrogen and oxygen atoms in total.